The summed E-state index contributed by atoms with van der Waals surface area (Å²) in [6.45, 7) is 3.34. The highest BCUT2D eigenvalue weighted by Crippen LogP contribution is 2.34. The van der Waals surface area contributed by atoms with E-state index < -0.39 is 0 Å². The van der Waals surface area contributed by atoms with Gasteiger partial charge in [-0.3, -0.25) is 4.31 Å². The van der Waals surface area contributed by atoms with E-state index in [-0.39, 0.29) is 0 Å². The Labute approximate surface area is 67.5 Å². The molecule has 0 amide bonds. The quantitative estimate of drug-likeness (QED) is 0.503. The lowest BCUT2D eigenvalue weighted by atomic mass is 9.76. The fraction of sp³-hybridized carbons (Fsp3) is 1.00. The number of hydrogen-bond donors (Lipinski definition) is 2. The fourth-order valence-corrected chi connectivity index (χ4v) is 2.24. The summed E-state index contributed by atoms with van der Waals surface area (Å²) >= 11 is 4.36. The topological polar surface area (TPSA) is 15.3 Å². The number of thiol groups is 1. The summed E-state index contributed by atoms with van der Waals surface area (Å²) in [4.78, 5) is 0. The molecule has 1 spiro atoms. The molecule has 1 heterocycles. The molecule has 1 saturated heterocycles. The van der Waals surface area contributed by atoms with Gasteiger partial charge in [-0.25, -0.2) is 0 Å². The maximum absolute atomic E-state index is 4.36. The lowest BCUT2D eigenvalue weighted by Gasteiger charge is -2.48. The standard InChI is InChI=1S/C7H14N2S/c10-9-5-4-8-7(6-9)2-1-3-7/h8,10H,1-6H2. The van der Waals surface area contributed by atoms with Crippen molar-refractivity contribution in [3.8, 4) is 0 Å². The van der Waals surface area contributed by atoms with Crippen molar-refractivity contribution in [1.82, 2.24) is 9.62 Å². The van der Waals surface area contributed by atoms with Crippen LogP contribution in [-0.4, -0.2) is 29.5 Å². The van der Waals surface area contributed by atoms with Crippen molar-refractivity contribution in [2.75, 3.05) is 19.6 Å². The van der Waals surface area contributed by atoms with E-state index in [0.29, 0.717) is 5.54 Å². The van der Waals surface area contributed by atoms with E-state index in [1.165, 1.54) is 19.3 Å². The van der Waals surface area contributed by atoms with Crippen LogP contribution in [0.15, 0.2) is 0 Å². The van der Waals surface area contributed by atoms with E-state index in [1.807, 2.05) is 0 Å². The maximum atomic E-state index is 4.36. The zero-order valence-electron chi connectivity index (χ0n) is 6.14. The lowest BCUT2D eigenvalue weighted by molar-refractivity contribution is 0.121. The van der Waals surface area contributed by atoms with Gasteiger partial charge in [0.05, 0.1) is 0 Å². The highest BCUT2D eigenvalue weighted by atomic mass is 32.1. The van der Waals surface area contributed by atoms with Crippen molar-refractivity contribution in [3.05, 3.63) is 0 Å². The molecule has 1 aliphatic carbocycles. The van der Waals surface area contributed by atoms with Crippen LogP contribution in [0.2, 0.25) is 0 Å². The van der Waals surface area contributed by atoms with Gasteiger partial charge < -0.3 is 5.32 Å². The van der Waals surface area contributed by atoms with Crippen molar-refractivity contribution >= 4 is 12.8 Å². The zero-order chi connectivity index (χ0) is 7.03. The van der Waals surface area contributed by atoms with Crippen molar-refractivity contribution in [1.29, 1.82) is 0 Å². The first kappa shape index (κ1) is 6.95. The van der Waals surface area contributed by atoms with Crippen LogP contribution < -0.4 is 5.32 Å². The molecule has 0 bridgehead atoms. The van der Waals surface area contributed by atoms with Gasteiger partial charge in [-0.15, -0.1) is 0 Å². The maximum Gasteiger partial charge on any atom is 0.0318 e. The van der Waals surface area contributed by atoms with Crippen LogP contribution in [0.5, 0.6) is 0 Å². The number of nitrogens with one attached hydrogen (secondary N) is 1. The highest BCUT2D eigenvalue weighted by molar-refractivity contribution is 7.77. The molecule has 10 heavy (non-hydrogen) atoms. The molecule has 1 aliphatic heterocycles. The first-order chi connectivity index (χ1) is 4.81. The van der Waals surface area contributed by atoms with E-state index in [0.717, 1.165) is 19.6 Å². The minimum atomic E-state index is 0.472. The average molecular weight is 158 g/mol. The minimum absolute atomic E-state index is 0.472. The number of rotatable bonds is 0. The molecule has 0 atom stereocenters. The zero-order valence-corrected chi connectivity index (χ0v) is 7.03. The Bertz CT molecular complexity index is 134. The van der Waals surface area contributed by atoms with Crippen LogP contribution in [-0.2, 0) is 0 Å². The summed E-state index contributed by atoms with van der Waals surface area (Å²) in [6, 6.07) is 0. The van der Waals surface area contributed by atoms with E-state index in [1.54, 1.807) is 0 Å². The molecule has 3 heteroatoms. The third-order valence-corrected chi connectivity index (χ3v) is 3.01. The predicted octanol–water partition coefficient (Wildman–Crippen LogP) is 0.659. The van der Waals surface area contributed by atoms with Gasteiger partial charge >= 0.3 is 0 Å². The Morgan fingerprint density at radius 1 is 1.40 bits per heavy atom. The molecule has 2 fully saturated rings. The third kappa shape index (κ3) is 1.06. The summed E-state index contributed by atoms with van der Waals surface area (Å²) in [6.07, 6.45) is 4.10. The van der Waals surface area contributed by atoms with Gasteiger partial charge in [0.2, 0.25) is 0 Å². The van der Waals surface area contributed by atoms with Crippen LogP contribution in [0, 0.1) is 0 Å². The van der Waals surface area contributed by atoms with E-state index in [4.69, 9.17) is 0 Å². The smallest absolute Gasteiger partial charge is 0.0318 e. The Morgan fingerprint density at radius 2 is 2.20 bits per heavy atom. The Balaban J connectivity index is 1.96. The Morgan fingerprint density at radius 3 is 2.60 bits per heavy atom. The summed E-state index contributed by atoms with van der Waals surface area (Å²) in [5.74, 6) is 0. The molecule has 1 saturated carbocycles. The van der Waals surface area contributed by atoms with Crippen LogP contribution >= 0.6 is 12.8 Å². The first-order valence-electron chi connectivity index (χ1n) is 4.00. The summed E-state index contributed by atoms with van der Waals surface area (Å²) in [5, 5.41) is 3.57. The lowest BCUT2D eigenvalue weighted by Crippen LogP contribution is -2.61. The molecular weight excluding hydrogens is 144 g/mol. The van der Waals surface area contributed by atoms with Gasteiger partial charge in [0.25, 0.3) is 0 Å². The van der Waals surface area contributed by atoms with Crippen LogP contribution in [0.4, 0.5) is 0 Å². The molecule has 2 aliphatic rings. The molecule has 58 valence electrons. The van der Waals surface area contributed by atoms with Crippen molar-refractivity contribution in [3.63, 3.8) is 0 Å². The predicted molar refractivity (Wildman–Crippen MR) is 45.1 cm³/mol. The van der Waals surface area contributed by atoms with Gasteiger partial charge in [0, 0.05) is 25.2 Å². The monoisotopic (exact) mass is 158 g/mol. The van der Waals surface area contributed by atoms with Crippen molar-refractivity contribution in [2.45, 2.75) is 24.8 Å². The van der Waals surface area contributed by atoms with Gasteiger partial charge in [-0.05, 0) is 19.3 Å². The van der Waals surface area contributed by atoms with Crippen LogP contribution in [0.3, 0.4) is 0 Å². The van der Waals surface area contributed by atoms with Gasteiger partial charge in [-0.2, -0.15) is 0 Å². The minimum Gasteiger partial charge on any atom is -0.309 e. The molecule has 0 aromatic heterocycles. The van der Waals surface area contributed by atoms with Crippen LogP contribution in [0.1, 0.15) is 19.3 Å². The van der Waals surface area contributed by atoms with Crippen LogP contribution in [0.25, 0.3) is 0 Å². The van der Waals surface area contributed by atoms with E-state index in [2.05, 4.69) is 22.4 Å². The number of nitrogens with zero attached hydrogens (tertiary/aromatic N) is 1. The summed E-state index contributed by atoms with van der Waals surface area (Å²) in [5.41, 5.74) is 0.472. The average Bonchev–Trinajstić information content (AvgIpc) is 1.85. The van der Waals surface area contributed by atoms with Gasteiger partial charge in [0.1, 0.15) is 0 Å². The number of piperazine rings is 1. The second-order valence-corrected chi connectivity index (χ2v) is 4.01. The van der Waals surface area contributed by atoms with Gasteiger partial charge in [-0.1, -0.05) is 12.8 Å². The Hall–Kier alpha value is 0.270. The third-order valence-electron chi connectivity index (χ3n) is 2.67. The van der Waals surface area contributed by atoms with E-state index in [9.17, 15) is 0 Å². The molecule has 0 radical (unpaired) electrons. The Kier molecular flexibility index (Phi) is 1.66. The fourth-order valence-electron chi connectivity index (χ4n) is 1.87. The molecule has 0 aromatic carbocycles. The highest BCUT2D eigenvalue weighted by Gasteiger charge is 2.39. The molecule has 2 nitrogen and oxygen atoms in total. The van der Waals surface area contributed by atoms with Crippen molar-refractivity contribution in [2.24, 2.45) is 0 Å². The van der Waals surface area contributed by atoms with E-state index >= 15 is 0 Å². The SMILES string of the molecule is SN1CCNC2(CCC2)C1. The molecule has 0 aromatic rings. The normalized spacial score (nSPS) is 32.1. The van der Waals surface area contributed by atoms with Crippen molar-refractivity contribution < 1.29 is 0 Å². The molecule has 1 N–H and O–H groups in total. The molecular formula is C7H14N2S. The van der Waals surface area contributed by atoms with Gasteiger partial charge in [0.15, 0.2) is 0 Å². The summed E-state index contributed by atoms with van der Waals surface area (Å²) < 4.78 is 2.13. The molecule has 2 rings (SSSR count). The summed E-state index contributed by atoms with van der Waals surface area (Å²) in [7, 11) is 0. The largest absolute Gasteiger partial charge is 0.309 e. The molecule has 0 unspecified atom stereocenters. The first-order valence-corrected chi connectivity index (χ1v) is 4.40. The second-order valence-electron chi connectivity index (χ2n) is 3.45. The number of hydrogen-bond acceptors (Lipinski definition) is 3. The second kappa shape index (κ2) is 2.40.